The molecule has 8 heteroatoms. The molecule has 142 valence electrons. The number of thiophene rings is 1. The highest BCUT2D eigenvalue weighted by atomic mass is 32.1. The highest BCUT2D eigenvalue weighted by Gasteiger charge is 2.39. The number of Topliss-reactive ketones (excluding diaryl/α,β-unsaturated/α-hetero) is 1. The van der Waals surface area contributed by atoms with Gasteiger partial charge in [0, 0.05) is 25.2 Å². The molecule has 0 aliphatic heterocycles. The molecule has 2 heterocycles. The first-order chi connectivity index (χ1) is 12.3. The van der Waals surface area contributed by atoms with Crippen molar-refractivity contribution in [1.29, 1.82) is 0 Å². The van der Waals surface area contributed by atoms with Crippen LogP contribution >= 0.6 is 11.3 Å². The van der Waals surface area contributed by atoms with Gasteiger partial charge in [-0.1, -0.05) is 11.6 Å². The quantitative estimate of drug-likeness (QED) is 0.648. The van der Waals surface area contributed by atoms with E-state index in [2.05, 4.69) is 9.68 Å². The number of ether oxygens (including phenoxy) is 1. The standard InChI is InChI=1S/C18H20F3NO3S/c1-10-15(22-25-17(10)18(19,20)21)13-6-7-14(26-13)16(23)12-5-3-4-11(8-12)9-24-2/h6-7,11-12H,3-5,8-9H2,1-2H3. The second-order valence-corrected chi connectivity index (χ2v) is 7.78. The Hall–Kier alpha value is -1.67. The minimum atomic E-state index is -4.58. The average molecular weight is 387 g/mol. The van der Waals surface area contributed by atoms with E-state index < -0.39 is 11.9 Å². The van der Waals surface area contributed by atoms with E-state index in [4.69, 9.17) is 4.74 Å². The predicted octanol–water partition coefficient (Wildman–Crippen LogP) is 5.37. The topological polar surface area (TPSA) is 52.3 Å². The lowest BCUT2D eigenvalue weighted by Crippen LogP contribution is -2.24. The van der Waals surface area contributed by atoms with Crippen molar-refractivity contribution in [2.75, 3.05) is 13.7 Å². The summed E-state index contributed by atoms with van der Waals surface area (Å²) >= 11 is 1.17. The Balaban J connectivity index is 1.78. The van der Waals surface area contributed by atoms with Crippen molar-refractivity contribution in [3.63, 3.8) is 0 Å². The van der Waals surface area contributed by atoms with E-state index in [9.17, 15) is 18.0 Å². The maximum absolute atomic E-state index is 12.9. The Morgan fingerprint density at radius 3 is 2.81 bits per heavy atom. The van der Waals surface area contributed by atoms with Crippen molar-refractivity contribution in [2.45, 2.75) is 38.8 Å². The van der Waals surface area contributed by atoms with Gasteiger partial charge in [0.15, 0.2) is 5.78 Å². The van der Waals surface area contributed by atoms with Crippen LogP contribution in [0.15, 0.2) is 16.7 Å². The molecule has 0 spiro atoms. The molecule has 0 radical (unpaired) electrons. The Kier molecular flexibility index (Phi) is 5.53. The van der Waals surface area contributed by atoms with Crippen LogP contribution in [0.4, 0.5) is 13.2 Å². The number of halogens is 3. The van der Waals surface area contributed by atoms with Crippen LogP contribution < -0.4 is 0 Å². The lowest BCUT2D eigenvalue weighted by Gasteiger charge is -2.27. The van der Waals surface area contributed by atoms with E-state index in [1.165, 1.54) is 18.3 Å². The second-order valence-electron chi connectivity index (χ2n) is 6.70. The molecule has 0 saturated heterocycles. The van der Waals surface area contributed by atoms with Crippen LogP contribution in [0.5, 0.6) is 0 Å². The number of alkyl halides is 3. The lowest BCUT2D eigenvalue weighted by atomic mass is 9.79. The number of carbonyl (C=O) groups is 1. The van der Waals surface area contributed by atoms with Gasteiger partial charge in [0.05, 0.1) is 9.75 Å². The number of nitrogens with zero attached hydrogens (tertiary/aromatic N) is 1. The van der Waals surface area contributed by atoms with Crippen molar-refractivity contribution in [1.82, 2.24) is 5.16 Å². The van der Waals surface area contributed by atoms with Gasteiger partial charge in [0.2, 0.25) is 5.76 Å². The average Bonchev–Trinajstić information content (AvgIpc) is 3.20. The summed E-state index contributed by atoms with van der Waals surface area (Å²) in [6.45, 7) is 1.98. The van der Waals surface area contributed by atoms with Crippen molar-refractivity contribution in [2.24, 2.45) is 11.8 Å². The summed E-state index contributed by atoms with van der Waals surface area (Å²) in [6, 6.07) is 3.31. The SMILES string of the molecule is COCC1CCCC(C(=O)c2ccc(-c3noc(C(F)(F)F)c3C)s2)C1. The van der Waals surface area contributed by atoms with Gasteiger partial charge in [-0.2, -0.15) is 13.2 Å². The maximum atomic E-state index is 12.9. The van der Waals surface area contributed by atoms with Crippen LogP contribution in [-0.2, 0) is 10.9 Å². The number of carbonyl (C=O) groups excluding carboxylic acids is 1. The smallest absolute Gasteiger partial charge is 0.384 e. The summed E-state index contributed by atoms with van der Waals surface area (Å²) in [6.07, 6.45) is -0.899. The van der Waals surface area contributed by atoms with Crippen LogP contribution in [0, 0.1) is 18.8 Å². The zero-order valence-corrected chi connectivity index (χ0v) is 15.4. The molecule has 0 aromatic carbocycles. The Labute approximate surface area is 153 Å². The molecular weight excluding hydrogens is 367 g/mol. The minimum absolute atomic E-state index is 0.0549. The number of aromatic nitrogens is 1. The predicted molar refractivity (Wildman–Crippen MR) is 91.2 cm³/mol. The fourth-order valence-corrected chi connectivity index (χ4v) is 4.61. The normalized spacial score (nSPS) is 21.1. The van der Waals surface area contributed by atoms with Gasteiger partial charge < -0.3 is 9.26 Å². The summed E-state index contributed by atoms with van der Waals surface area (Å²) in [5, 5.41) is 3.56. The second kappa shape index (κ2) is 7.52. The Morgan fingerprint density at radius 2 is 2.15 bits per heavy atom. The van der Waals surface area contributed by atoms with Crippen LogP contribution in [0.3, 0.4) is 0 Å². The number of ketones is 1. The van der Waals surface area contributed by atoms with Crippen molar-refractivity contribution in [3.8, 4) is 10.6 Å². The molecule has 1 saturated carbocycles. The van der Waals surface area contributed by atoms with Crippen molar-refractivity contribution >= 4 is 17.1 Å². The van der Waals surface area contributed by atoms with Gasteiger partial charge >= 0.3 is 6.18 Å². The van der Waals surface area contributed by atoms with Crippen molar-refractivity contribution in [3.05, 3.63) is 28.3 Å². The van der Waals surface area contributed by atoms with Gasteiger partial charge in [0.25, 0.3) is 0 Å². The van der Waals surface area contributed by atoms with Crippen LogP contribution in [-0.4, -0.2) is 24.7 Å². The maximum Gasteiger partial charge on any atom is 0.452 e. The lowest BCUT2D eigenvalue weighted by molar-refractivity contribution is -0.156. The number of methoxy groups -OCH3 is 1. The third-order valence-corrected chi connectivity index (χ3v) is 5.93. The first-order valence-corrected chi connectivity index (χ1v) is 9.29. The molecular formula is C18H20F3NO3S. The fraction of sp³-hybridized carbons (Fsp3) is 0.556. The number of hydrogen-bond acceptors (Lipinski definition) is 5. The highest BCUT2D eigenvalue weighted by molar-refractivity contribution is 7.17. The molecule has 0 bridgehead atoms. The monoisotopic (exact) mass is 387 g/mol. The summed E-state index contributed by atoms with van der Waals surface area (Å²) in [4.78, 5) is 13.9. The number of rotatable bonds is 5. The molecule has 1 fully saturated rings. The summed E-state index contributed by atoms with van der Waals surface area (Å²) < 4.78 is 48.3. The zero-order valence-electron chi connectivity index (χ0n) is 14.6. The van der Waals surface area contributed by atoms with Crippen LogP contribution in [0.1, 0.15) is 46.7 Å². The third kappa shape index (κ3) is 3.86. The molecule has 0 N–H and O–H groups in total. The highest BCUT2D eigenvalue weighted by Crippen LogP contribution is 2.39. The molecule has 2 unspecified atom stereocenters. The number of hydrogen-bond donors (Lipinski definition) is 0. The zero-order chi connectivity index (χ0) is 18.9. The third-order valence-electron chi connectivity index (χ3n) is 4.82. The van der Waals surface area contributed by atoms with Gasteiger partial charge in [-0.05, 0) is 44.2 Å². The van der Waals surface area contributed by atoms with E-state index in [0.29, 0.717) is 22.3 Å². The summed E-state index contributed by atoms with van der Waals surface area (Å²) in [7, 11) is 1.66. The molecule has 3 rings (SSSR count). The van der Waals surface area contributed by atoms with Crippen molar-refractivity contribution < 1.29 is 27.2 Å². The first kappa shape index (κ1) is 19.1. The van der Waals surface area contributed by atoms with Gasteiger partial charge in [-0.3, -0.25) is 4.79 Å². The molecule has 0 amide bonds. The molecule has 2 aromatic rings. The van der Waals surface area contributed by atoms with Gasteiger partial charge in [-0.25, -0.2) is 0 Å². The molecule has 26 heavy (non-hydrogen) atoms. The molecule has 1 aliphatic rings. The Bertz CT molecular complexity index is 779. The summed E-state index contributed by atoms with van der Waals surface area (Å²) in [5.41, 5.74) is 0.0819. The van der Waals surface area contributed by atoms with Crippen LogP contribution in [0.2, 0.25) is 0 Å². The van der Waals surface area contributed by atoms with Crippen LogP contribution in [0.25, 0.3) is 10.6 Å². The van der Waals surface area contributed by atoms with Gasteiger partial charge in [0.1, 0.15) is 5.69 Å². The fourth-order valence-electron chi connectivity index (χ4n) is 3.54. The van der Waals surface area contributed by atoms with Gasteiger partial charge in [-0.15, -0.1) is 11.3 Å². The Morgan fingerprint density at radius 1 is 1.38 bits per heavy atom. The van der Waals surface area contributed by atoms with E-state index in [1.54, 1.807) is 19.2 Å². The van der Waals surface area contributed by atoms with E-state index in [-0.39, 0.29) is 23.0 Å². The van der Waals surface area contributed by atoms with E-state index in [0.717, 1.165) is 25.7 Å². The summed E-state index contributed by atoms with van der Waals surface area (Å²) in [5.74, 6) is -0.712. The molecule has 1 aliphatic carbocycles. The largest absolute Gasteiger partial charge is 0.452 e. The molecule has 2 aromatic heterocycles. The molecule has 4 nitrogen and oxygen atoms in total. The first-order valence-electron chi connectivity index (χ1n) is 8.48. The van der Waals surface area contributed by atoms with E-state index >= 15 is 0 Å². The minimum Gasteiger partial charge on any atom is -0.384 e. The van der Waals surface area contributed by atoms with E-state index in [1.807, 2.05) is 0 Å². The molecule has 2 atom stereocenters.